The molecular weight excluding hydrogens is 539 g/mol. The van der Waals surface area contributed by atoms with E-state index in [9.17, 15) is 13.5 Å². The first-order valence-corrected chi connectivity index (χ1v) is 14.5. The summed E-state index contributed by atoms with van der Waals surface area (Å²) < 4.78 is 62.8. The van der Waals surface area contributed by atoms with Crippen LogP contribution in [0.3, 0.4) is 0 Å². The Morgan fingerprint density at radius 1 is 0.975 bits per heavy atom. The van der Waals surface area contributed by atoms with E-state index in [-0.39, 0.29) is 31.9 Å². The summed E-state index contributed by atoms with van der Waals surface area (Å²) in [7, 11) is -1.33. The molecule has 0 aliphatic carbocycles. The van der Waals surface area contributed by atoms with Gasteiger partial charge in [0, 0.05) is 32.7 Å². The molecule has 218 valence electrons. The van der Waals surface area contributed by atoms with E-state index in [2.05, 4.69) is 5.10 Å². The van der Waals surface area contributed by atoms with Gasteiger partial charge >= 0.3 is 0 Å². The Bertz CT molecular complexity index is 1320. The molecule has 2 aromatic carbocycles. The van der Waals surface area contributed by atoms with Gasteiger partial charge in [0.1, 0.15) is 11.5 Å². The molecule has 2 heterocycles. The van der Waals surface area contributed by atoms with E-state index < -0.39 is 26.4 Å². The van der Waals surface area contributed by atoms with Gasteiger partial charge in [-0.05, 0) is 49.2 Å². The highest BCUT2D eigenvalue weighted by Gasteiger charge is 2.37. The fourth-order valence-electron chi connectivity index (χ4n) is 4.47. The number of nitrogens with zero attached hydrogens (tertiary/aromatic N) is 4. The maximum atomic E-state index is 16.2. The smallest absolute Gasteiger partial charge is 0.266 e. The molecular formula is C28H37FN4O6S. The fourth-order valence-corrected chi connectivity index (χ4v) is 5.88. The van der Waals surface area contributed by atoms with Crippen molar-refractivity contribution in [3.63, 3.8) is 0 Å². The molecule has 10 nitrogen and oxygen atoms in total. The lowest BCUT2D eigenvalue weighted by Crippen LogP contribution is -2.39. The largest absolute Gasteiger partial charge is 0.497 e. The lowest BCUT2D eigenvalue weighted by atomic mass is 10.1. The lowest BCUT2D eigenvalue weighted by Gasteiger charge is -2.29. The van der Waals surface area contributed by atoms with Crippen molar-refractivity contribution in [3.8, 4) is 11.5 Å². The van der Waals surface area contributed by atoms with Crippen molar-refractivity contribution in [2.24, 2.45) is 0 Å². The first kappa shape index (κ1) is 29.9. The Hall–Kier alpha value is -3.03. The highest BCUT2D eigenvalue weighted by molar-refractivity contribution is 7.89. The van der Waals surface area contributed by atoms with E-state index in [4.69, 9.17) is 14.2 Å². The summed E-state index contributed by atoms with van der Waals surface area (Å²) in [6, 6.07) is 14.0. The molecule has 3 aromatic rings. The molecule has 0 amide bonds. The number of morpholine rings is 1. The van der Waals surface area contributed by atoms with Crippen LogP contribution in [0.4, 0.5) is 4.39 Å². The summed E-state index contributed by atoms with van der Waals surface area (Å²) in [5, 5.41) is 13.7. The van der Waals surface area contributed by atoms with Crippen LogP contribution in [0.1, 0.15) is 30.7 Å². The third-order valence-corrected chi connectivity index (χ3v) is 8.63. The molecule has 1 aromatic heterocycles. The van der Waals surface area contributed by atoms with Crippen LogP contribution < -0.4 is 9.47 Å². The van der Waals surface area contributed by atoms with Crippen LogP contribution in [0.25, 0.3) is 0 Å². The summed E-state index contributed by atoms with van der Waals surface area (Å²) in [5.74, 6) is 0.358. The van der Waals surface area contributed by atoms with Crippen LogP contribution in [0.15, 0.2) is 53.6 Å². The number of hydrogen-bond donors (Lipinski definition) is 1. The van der Waals surface area contributed by atoms with Gasteiger partial charge in [0.2, 0.25) is 5.03 Å². The van der Waals surface area contributed by atoms with E-state index in [1.807, 2.05) is 4.90 Å². The molecule has 1 aliphatic heterocycles. The molecule has 0 bridgehead atoms. The standard InChI is InChI=1S/C28H37FN4O6S/c1-28(2,20-34)33-25(19-31-13-15-39-16-14-31)26(29)27(30-33)40(35,36)32(17-21-5-9-23(37-3)10-6-21)18-22-7-11-24(38-4)12-8-22/h5-12,34H,13-20H2,1-4H3. The molecule has 0 spiro atoms. The van der Waals surface area contributed by atoms with Crippen LogP contribution in [0.5, 0.6) is 11.5 Å². The fraction of sp³-hybridized carbons (Fsp3) is 0.464. The second-order valence-corrected chi connectivity index (χ2v) is 12.2. The number of aromatic nitrogens is 2. The average Bonchev–Trinajstić information content (AvgIpc) is 3.31. The number of methoxy groups -OCH3 is 2. The molecule has 1 aliphatic rings. The second-order valence-electron chi connectivity index (χ2n) is 10.3. The first-order chi connectivity index (χ1) is 19.1. The topological polar surface area (TPSA) is 106 Å². The predicted octanol–water partition coefficient (Wildman–Crippen LogP) is 2.99. The zero-order chi connectivity index (χ0) is 28.9. The molecule has 0 radical (unpaired) electrons. The van der Waals surface area contributed by atoms with Gasteiger partial charge in [-0.25, -0.2) is 12.8 Å². The summed E-state index contributed by atoms with van der Waals surface area (Å²) in [6.07, 6.45) is 0. The van der Waals surface area contributed by atoms with Crippen molar-refractivity contribution in [2.45, 2.75) is 44.0 Å². The first-order valence-electron chi connectivity index (χ1n) is 13.0. The minimum absolute atomic E-state index is 0.0210. The van der Waals surface area contributed by atoms with Crippen LogP contribution in [0, 0.1) is 5.82 Å². The second kappa shape index (κ2) is 12.6. The predicted molar refractivity (Wildman–Crippen MR) is 147 cm³/mol. The number of sulfonamides is 1. The van der Waals surface area contributed by atoms with E-state index >= 15 is 4.39 Å². The lowest BCUT2D eigenvalue weighted by molar-refractivity contribution is 0.0311. The van der Waals surface area contributed by atoms with Crippen molar-refractivity contribution < 1.29 is 32.1 Å². The maximum absolute atomic E-state index is 16.2. The average molecular weight is 577 g/mol. The Morgan fingerprint density at radius 3 is 1.93 bits per heavy atom. The minimum Gasteiger partial charge on any atom is -0.497 e. The molecule has 40 heavy (non-hydrogen) atoms. The summed E-state index contributed by atoms with van der Waals surface area (Å²) in [6.45, 7) is 5.27. The molecule has 1 saturated heterocycles. The van der Waals surface area contributed by atoms with E-state index in [1.165, 1.54) is 8.99 Å². The monoisotopic (exact) mass is 576 g/mol. The number of aliphatic hydroxyl groups is 1. The van der Waals surface area contributed by atoms with Crippen LogP contribution in [-0.2, 0) is 39.9 Å². The van der Waals surface area contributed by atoms with Gasteiger partial charge in [-0.15, -0.1) is 0 Å². The molecule has 0 saturated carbocycles. The van der Waals surface area contributed by atoms with Gasteiger partial charge in [-0.3, -0.25) is 9.58 Å². The number of benzene rings is 2. The van der Waals surface area contributed by atoms with Crippen LogP contribution >= 0.6 is 0 Å². The highest BCUT2D eigenvalue weighted by atomic mass is 32.2. The van der Waals surface area contributed by atoms with Crippen molar-refractivity contribution in [2.75, 3.05) is 47.1 Å². The van der Waals surface area contributed by atoms with Crippen molar-refractivity contribution in [3.05, 3.63) is 71.2 Å². The van der Waals surface area contributed by atoms with Gasteiger partial charge in [0.25, 0.3) is 10.0 Å². The van der Waals surface area contributed by atoms with E-state index in [0.717, 1.165) is 0 Å². The number of aliphatic hydroxyl groups excluding tert-OH is 1. The quantitative estimate of drug-likeness (QED) is 0.351. The number of rotatable bonds is 12. The Balaban J connectivity index is 1.76. The van der Waals surface area contributed by atoms with Gasteiger partial charge in [-0.2, -0.15) is 9.40 Å². The van der Waals surface area contributed by atoms with E-state index in [1.54, 1.807) is 76.6 Å². The zero-order valence-electron chi connectivity index (χ0n) is 23.3. The Kier molecular flexibility index (Phi) is 9.47. The van der Waals surface area contributed by atoms with E-state index in [0.29, 0.717) is 48.9 Å². The van der Waals surface area contributed by atoms with Crippen LogP contribution in [-0.4, -0.2) is 79.6 Å². The zero-order valence-corrected chi connectivity index (χ0v) is 24.2. The molecule has 1 N–H and O–H groups in total. The van der Waals surface area contributed by atoms with Crippen molar-refractivity contribution in [1.82, 2.24) is 19.0 Å². The number of ether oxygens (including phenoxy) is 3. The number of hydrogen-bond acceptors (Lipinski definition) is 8. The highest BCUT2D eigenvalue weighted by Crippen LogP contribution is 2.29. The third kappa shape index (κ3) is 6.64. The summed E-state index contributed by atoms with van der Waals surface area (Å²) in [5.41, 5.74) is 0.463. The molecule has 4 rings (SSSR count). The molecule has 12 heteroatoms. The van der Waals surface area contributed by atoms with Gasteiger partial charge in [0.15, 0.2) is 5.82 Å². The maximum Gasteiger partial charge on any atom is 0.266 e. The molecule has 1 fully saturated rings. The van der Waals surface area contributed by atoms with Gasteiger partial charge < -0.3 is 19.3 Å². The molecule has 0 unspecified atom stereocenters. The Labute approximate surface area is 234 Å². The normalized spacial score (nSPS) is 15.0. The van der Waals surface area contributed by atoms with Gasteiger partial charge in [0.05, 0.1) is 45.3 Å². The summed E-state index contributed by atoms with van der Waals surface area (Å²) >= 11 is 0. The van der Waals surface area contributed by atoms with Crippen LogP contribution in [0.2, 0.25) is 0 Å². The molecule has 0 atom stereocenters. The van der Waals surface area contributed by atoms with Gasteiger partial charge in [-0.1, -0.05) is 24.3 Å². The summed E-state index contributed by atoms with van der Waals surface area (Å²) in [4.78, 5) is 1.98. The Morgan fingerprint density at radius 2 is 1.48 bits per heavy atom. The minimum atomic E-state index is -4.43. The van der Waals surface area contributed by atoms with Crippen molar-refractivity contribution in [1.29, 1.82) is 0 Å². The third-order valence-electron chi connectivity index (χ3n) is 6.95. The van der Waals surface area contributed by atoms with Crippen molar-refractivity contribution >= 4 is 10.0 Å². The SMILES string of the molecule is COc1ccc(CN(Cc2ccc(OC)cc2)S(=O)(=O)c2nn(C(C)(C)CO)c(CN3CCOCC3)c2F)cc1. The number of halogens is 1.